The maximum absolute atomic E-state index is 9.99. The summed E-state index contributed by atoms with van der Waals surface area (Å²) in [7, 11) is 0. The Morgan fingerprint density at radius 2 is 1.48 bits per heavy atom. The van der Waals surface area contributed by atoms with Crippen molar-refractivity contribution in [3.05, 3.63) is 54.1 Å². The number of nitrogen functional groups attached to an aromatic ring is 1. The summed E-state index contributed by atoms with van der Waals surface area (Å²) in [6, 6.07) is 14.1. The minimum absolute atomic E-state index is 0.438. The summed E-state index contributed by atoms with van der Waals surface area (Å²) in [5.74, 6) is 1.86. The van der Waals surface area contributed by atoms with E-state index < -0.39 is 12.2 Å². The fraction of sp³-hybridized carbons (Fsp3) is 0.250. The average Bonchev–Trinajstić information content (AvgIpc) is 2.50. The van der Waals surface area contributed by atoms with Gasteiger partial charge in [0.15, 0.2) is 0 Å². The van der Waals surface area contributed by atoms with Crippen LogP contribution in [0.1, 0.15) is 18.1 Å². The Balaban J connectivity index is 2.03. The van der Waals surface area contributed by atoms with Gasteiger partial charge in [-0.3, -0.25) is 0 Å². The molecule has 5 heteroatoms. The van der Waals surface area contributed by atoms with Crippen molar-refractivity contribution in [3.8, 4) is 11.5 Å². The average molecular weight is 305 g/mol. The molecule has 0 bridgehead atoms. The molecule has 2 aromatic carbocycles. The van der Waals surface area contributed by atoms with Crippen LogP contribution in [0.25, 0.3) is 0 Å². The lowest BCUT2D eigenvalue weighted by Gasteiger charge is -2.17. The number of nitrogens with two attached hydrogens (primary N) is 1. The molecule has 0 fully saturated rings. The van der Waals surface area contributed by atoms with E-state index in [-0.39, 0.29) is 0 Å². The molecular formula is C16H19NO3S. The van der Waals surface area contributed by atoms with Crippen LogP contribution >= 0.6 is 12.6 Å². The topological polar surface area (TPSA) is 75.7 Å². The summed E-state index contributed by atoms with van der Waals surface area (Å²) >= 11 is 4.05. The molecule has 0 saturated heterocycles. The van der Waals surface area contributed by atoms with Crippen molar-refractivity contribution in [2.75, 3.05) is 11.5 Å². The molecule has 112 valence electrons. The third kappa shape index (κ3) is 4.39. The molecule has 0 aliphatic carbocycles. The lowest BCUT2D eigenvalue weighted by molar-refractivity contribution is 0.0172. The second-order valence-corrected chi connectivity index (χ2v) is 5.21. The molecule has 0 radical (unpaired) electrons. The lowest BCUT2D eigenvalue weighted by atomic mass is 10.0. The Labute approximate surface area is 129 Å². The van der Waals surface area contributed by atoms with Gasteiger partial charge in [-0.1, -0.05) is 12.1 Å². The molecule has 0 saturated carbocycles. The molecule has 0 amide bonds. The van der Waals surface area contributed by atoms with Crippen LogP contribution < -0.4 is 10.5 Å². The summed E-state index contributed by atoms with van der Waals surface area (Å²) in [5, 5.41) is 19.8. The summed E-state index contributed by atoms with van der Waals surface area (Å²) < 4.78 is 5.66. The van der Waals surface area contributed by atoms with Gasteiger partial charge in [0.2, 0.25) is 0 Å². The second kappa shape index (κ2) is 7.36. The van der Waals surface area contributed by atoms with Gasteiger partial charge in [-0.05, 0) is 54.1 Å². The van der Waals surface area contributed by atoms with Crippen molar-refractivity contribution in [3.63, 3.8) is 0 Å². The van der Waals surface area contributed by atoms with Crippen molar-refractivity contribution in [1.29, 1.82) is 0 Å². The Morgan fingerprint density at radius 3 is 2.00 bits per heavy atom. The zero-order valence-corrected chi connectivity index (χ0v) is 12.4. The van der Waals surface area contributed by atoms with E-state index in [1.807, 2.05) is 0 Å². The van der Waals surface area contributed by atoms with Crippen LogP contribution in [0.3, 0.4) is 0 Å². The van der Waals surface area contributed by atoms with Gasteiger partial charge in [0.05, 0.1) is 6.10 Å². The van der Waals surface area contributed by atoms with Crippen LogP contribution in [-0.4, -0.2) is 22.1 Å². The number of rotatable bonds is 6. The third-order valence-corrected chi connectivity index (χ3v) is 3.38. The molecule has 0 aliphatic rings. The molecule has 2 rings (SSSR count). The monoisotopic (exact) mass is 305 g/mol. The normalized spacial score (nSPS) is 13.7. The van der Waals surface area contributed by atoms with E-state index in [2.05, 4.69) is 12.6 Å². The van der Waals surface area contributed by atoms with E-state index in [9.17, 15) is 10.2 Å². The first-order valence-electron chi connectivity index (χ1n) is 6.70. The number of benzene rings is 2. The molecular weight excluding hydrogens is 286 g/mol. The Hall–Kier alpha value is -1.69. The number of thiol groups is 1. The Kier molecular flexibility index (Phi) is 5.50. The molecule has 2 unspecified atom stereocenters. The first-order valence-corrected chi connectivity index (χ1v) is 7.33. The van der Waals surface area contributed by atoms with Gasteiger partial charge >= 0.3 is 0 Å². The minimum Gasteiger partial charge on any atom is -0.457 e. The summed E-state index contributed by atoms with van der Waals surface area (Å²) in [5.41, 5.74) is 6.94. The molecule has 0 aliphatic heterocycles. The molecule has 21 heavy (non-hydrogen) atoms. The van der Waals surface area contributed by atoms with Crippen LogP contribution in [0.15, 0.2) is 48.5 Å². The Morgan fingerprint density at radius 1 is 0.952 bits per heavy atom. The quantitative estimate of drug-likeness (QED) is 0.489. The van der Waals surface area contributed by atoms with Crippen molar-refractivity contribution < 1.29 is 14.9 Å². The summed E-state index contributed by atoms with van der Waals surface area (Å²) in [6.45, 7) is 0. The number of hydrogen-bond donors (Lipinski definition) is 4. The number of aliphatic hydroxyl groups excluding tert-OH is 2. The van der Waals surface area contributed by atoms with Crippen molar-refractivity contribution >= 4 is 18.3 Å². The number of aliphatic hydroxyl groups is 2. The first-order chi connectivity index (χ1) is 10.1. The molecule has 4 nitrogen and oxygen atoms in total. The number of ether oxygens (including phenoxy) is 1. The van der Waals surface area contributed by atoms with Gasteiger partial charge in [0.1, 0.15) is 17.6 Å². The first kappa shape index (κ1) is 15.7. The summed E-state index contributed by atoms with van der Waals surface area (Å²) in [4.78, 5) is 0. The van der Waals surface area contributed by atoms with Gasteiger partial charge in [-0.15, -0.1) is 0 Å². The molecule has 2 aromatic rings. The third-order valence-electron chi connectivity index (χ3n) is 3.13. The zero-order chi connectivity index (χ0) is 15.2. The highest BCUT2D eigenvalue weighted by molar-refractivity contribution is 7.80. The van der Waals surface area contributed by atoms with E-state index in [1.165, 1.54) is 0 Å². The lowest BCUT2D eigenvalue weighted by Crippen LogP contribution is -2.18. The van der Waals surface area contributed by atoms with E-state index in [1.54, 1.807) is 48.5 Å². The van der Waals surface area contributed by atoms with Crippen molar-refractivity contribution in [2.24, 2.45) is 0 Å². The van der Waals surface area contributed by atoms with E-state index in [0.29, 0.717) is 34.9 Å². The molecule has 0 spiro atoms. The number of anilines is 1. The largest absolute Gasteiger partial charge is 0.457 e. The fourth-order valence-corrected chi connectivity index (χ4v) is 2.18. The van der Waals surface area contributed by atoms with Crippen LogP contribution in [0.4, 0.5) is 5.69 Å². The highest BCUT2D eigenvalue weighted by atomic mass is 32.1. The molecule has 2 atom stereocenters. The number of hydrogen-bond acceptors (Lipinski definition) is 5. The standard InChI is InChI=1S/C16H19NO3S/c17-12-3-7-14(8-4-12)20-13-5-1-11(2-6-13)16(19)15(18)9-10-21/h1-8,15-16,18-19,21H,9-10,17H2. The molecule has 0 heterocycles. The maximum atomic E-state index is 9.99. The van der Waals surface area contributed by atoms with Crippen LogP contribution in [0.5, 0.6) is 11.5 Å². The predicted octanol–water partition coefficient (Wildman–Crippen LogP) is 2.78. The van der Waals surface area contributed by atoms with Crippen LogP contribution in [-0.2, 0) is 0 Å². The molecule has 4 N–H and O–H groups in total. The van der Waals surface area contributed by atoms with E-state index >= 15 is 0 Å². The van der Waals surface area contributed by atoms with E-state index in [0.717, 1.165) is 0 Å². The Bertz CT molecular complexity index is 557. The van der Waals surface area contributed by atoms with Crippen LogP contribution in [0.2, 0.25) is 0 Å². The molecule has 0 aromatic heterocycles. The van der Waals surface area contributed by atoms with Crippen molar-refractivity contribution in [1.82, 2.24) is 0 Å². The SMILES string of the molecule is Nc1ccc(Oc2ccc(C(O)C(O)CCS)cc2)cc1. The van der Waals surface area contributed by atoms with E-state index in [4.69, 9.17) is 10.5 Å². The highest BCUT2D eigenvalue weighted by Crippen LogP contribution is 2.25. The van der Waals surface area contributed by atoms with Gasteiger partial charge in [-0.25, -0.2) is 0 Å². The predicted molar refractivity (Wildman–Crippen MR) is 86.8 cm³/mol. The van der Waals surface area contributed by atoms with Gasteiger partial charge < -0.3 is 20.7 Å². The van der Waals surface area contributed by atoms with Crippen LogP contribution in [0, 0.1) is 0 Å². The minimum atomic E-state index is -0.914. The zero-order valence-electron chi connectivity index (χ0n) is 11.5. The van der Waals surface area contributed by atoms with Gasteiger partial charge in [0.25, 0.3) is 0 Å². The van der Waals surface area contributed by atoms with Crippen molar-refractivity contribution in [2.45, 2.75) is 18.6 Å². The smallest absolute Gasteiger partial charge is 0.127 e. The highest BCUT2D eigenvalue weighted by Gasteiger charge is 2.17. The van der Waals surface area contributed by atoms with Gasteiger partial charge in [-0.2, -0.15) is 12.6 Å². The fourth-order valence-electron chi connectivity index (χ4n) is 1.92. The maximum Gasteiger partial charge on any atom is 0.127 e. The summed E-state index contributed by atoms with van der Waals surface area (Å²) in [6.07, 6.45) is -1.29. The van der Waals surface area contributed by atoms with Gasteiger partial charge in [0, 0.05) is 5.69 Å². The second-order valence-electron chi connectivity index (χ2n) is 4.76.